The third-order valence-electron chi connectivity index (χ3n) is 5.03. The van der Waals surface area contributed by atoms with E-state index in [2.05, 4.69) is 27.7 Å². The number of rotatable bonds is 19. The first-order valence-electron chi connectivity index (χ1n) is 12.1. The molecule has 3 N–H and O–H groups in total. The minimum absolute atomic E-state index is 0.0243. The van der Waals surface area contributed by atoms with Crippen molar-refractivity contribution in [3.8, 4) is 0 Å². The molecule has 0 saturated heterocycles. The highest BCUT2D eigenvalue weighted by Crippen LogP contribution is 2.04. The van der Waals surface area contributed by atoms with Crippen molar-refractivity contribution >= 4 is 11.8 Å². The standard InChI is InChI=1S/C25H47N3O3/c1-5-7-9-11-13-16-24(30)26-22(3)20-28(18-15-19-29)21-23(4)27-25(31)17-14-12-10-8-6-2/h5-8,22-23,29H,9-21H2,1-4H3,(H,26,30)(H,27,31)/b7-5+,8-6+. The van der Waals surface area contributed by atoms with Crippen LogP contribution in [0.2, 0.25) is 0 Å². The van der Waals surface area contributed by atoms with Gasteiger partial charge in [0.2, 0.25) is 11.8 Å². The van der Waals surface area contributed by atoms with E-state index in [1.54, 1.807) is 0 Å². The number of aliphatic hydroxyl groups is 1. The second-order valence-electron chi connectivity index (χ2n) is 8.40. The highest BCUT2D eigenvalue weighted by Gasteiger charge is 2.16. The molecule has 0 bridgehead atoms. The second kappa shape index (κ2) is 20.3. The molecule has 0 radical (unpaired) electrons. The summed E-state index contributed by atoms with van der Waals surface area (Å²) in [5.74, 6) is 0.184. The molecule has 6 heteroatoms. The number of aliphatic hydroxyl groups excluding tert-OH is 1. The topological polar surface area (TPSA) is 81.7 Å². The molecule has 0 aliphatic heterocycles. The fraction of sp³-hybridized carbons (Fsp3) is 0.760. The van der Waals surface area contributed by atoms with E-state index in [-0.39, 0.29) is 30.5 Å². The van der Waals surface area contributed by atoms with E-state index in [9.17, 15) is 14.7 Å². The maximum absolute atomic E-state index is 12.2. The van der Waals surface area contributed by atoms with Crippen molar-refractivity contribution in [2.24, 2.45) is 0 Å². The van der Waals surface area contributed by atoms with Gasteiger partial charge in [0.05, 0.1) is 0 Å². The Hall–Kier alpha value is -1.66. The van der Waals surface area contributed by atoms with E-state index < -0.39 is 0 Å². The van der Waals surface area contributed by atoms with Gasteiger partial charge in [0, 0.05) is 51.2 Å². The van der Waals surface area contributed by atoms with Crippen molar-refractivity contribution in [2.75, 3.05) is 26.2 Å². The molecule has 0 rings (SSSR count). The number of carbonyl (C=O) groups is 2. The molecule has 31 heavy (non-hydrogen) atoms. The van der Waals surface area contributed by atoms with E-state index in [1.807, 2.05) is 39.8 Å². The second-order valence-corrected chi connectivity index (χ2v) is 8.40. The van der Waals surface area contributed by atoms with Crippen LogP contribution in [0.1, 0.15) is 85.5 Å². The van der Waals surface area contributed by atoms with Crippen molar-refractivity contribution in [3.63, 3.8) is 0 Å². The number of hydrogen-bond donors (Lipinski definition) is 3. The summed E-state index contributed by atoms with van der Waals surface area (Å²) in [6, 6.07) is 0.0486. The summed E-state index contributed by atoms with van der Waals surface area (Å²) in [5.41, 5.74) is 0. The van der Waals surface area contributed by atoms with Crippen LogP contribution in [-0.2, 0) is 9.59 Å². The van der Waals surface area contributed by atoms with Crippen LogP contribution in [0.15, 0.2) is 24.3 Å². The van der Waals surface area contributed by atoms with Gasteiger partial charge in [-0.15, -0.1) is 0 Å². The molecule has 0 fully saturated rings. The molecule has 2 atom stereocenters. The van der Waals surface area contributed by atoms with Crippen LogP contribution in [0, 0.1) is 0 Å². The van der Waals surface area contributed by atoms with Gasteiger partial charge in [-0.2, -0.15) is 0 Å². The minimum atomic E-state index is 0.0243. The third kappa shape index (κ3) is 18.8. The summed E-state index contributed by atoms with van der Waals surface area (Å²) in [6.07, 6.45) is 16.0. The lowest BCUT2D eigenvalue weighted by Crippen LogP contribution is -2.47. The first-order chi connectivity index (χ1) is 14.9. The zero-order valence-electron chi connectivity index (χ0n) is 20.4. The van der Waals surface area contributed by atoms with Gasteiger partial charge in [-0.3, -0.25) is 14.5 Å². The van der Waals surface area contributed by atoms with Crippen molar-refractivity contribution in [2.45, 2.75) is 97.6 Å². The number of allylic oxidation sites excluding steroid dienone is 4. The summed E-state index contributed by atoms with van der Waals surface area (Å²) in [7, 11) is 0. The maximum atomic E-state index is 12.2. The Kier molecular flexibility index (Phi) is 19.2. The predicted molar refractivity (Wildman–Crippen MR) is 130 cm³/mol. The lowest BCUT2D eigenvalue weighted by Gasteiger charge is -2.29. The Balaban J connectivity index is 4.31. The monoisotopic (exact) mass is 437 g/mol. The van der Waals surface area contributed by atoms with E-state index in [4.69, 9.17) is 0 Å². The van der Waals surface area contributed by atoms with Gasteiger partial charge in [0.15, 0.2) is 0 Å². The molecule has 180 valence electrons. The smallest absolute Gasteiger partial charge is 0.220 e. The van der Waals surface area contributed by atoms with Crippen molar-refractivity contribution in [1.29, 1.82) is 0 Å². The summed E-state index contributed by atoms with van der Waals surface area (Å²) >= 11 is 0. The molecular formula is C25H47N3O3. The van der Waals surface area contributed by atoms with Gasteiger partial charge in [-0.25, -0.2) is 0 Å². The average molecular weight is 438 g/mol. The highest BCUT2D eigenvalue weighted by molar-refractivity contribution is 5.76. The fourth-order valence-electron chi connectivity index (χ4n) is 3.54. The Morgan fingerprint density at radius 3 is 1.65 bits per heavy atom. The van der Waals surface area contributed by atoms with Crippen molar-refractivity contribution < 1.29 is 14.7 Å². The molecule has 0 aliphatic rings. The highest BCUT2D eigenvalue weighted by atomic mass is 16.3. The molecule has 0 heterocycles. The van der Waals surface area contributed by atoms with E-state index in [0.717, 1.165) is 45.1 Å². The Bertz CT molecular complexity index is 478. The maximum Gasteiger partial charge on any atom is 0.220 e. The number of unbranched alkanes of at least 4 members (excludes halogenated alkanes) is 4. The zero-order valence-corrected chi connectivity index (χ0v) is 20.4. The Morgan fingerprint density at radius 1 is 0.806 bits per heavy atom. The Morgan fingerprint density at radius 2 is 1.26 bits per heavy atom. The summed E-state index contributed by atoms with van der Waals surface area (Å²) in [6.45, 7) is 10.3. The Labute approximate surface area is 190 Å². The van der Waals surface area contributed by atoms with Crippen LogP contribution in [0.3, 0.4) is 0 Å². The van der Waals surface area contributed by atoms with Gasteiger partial charge in [0.1, 0.15) is 0 Å². The van der Waals surface area contributed by atoms with Crippen LogP contribution >= 0.6 is 0 Å². The van der Waals surface area contributed by atoms with Crippen LogP contribution in [-0.4, -0.2) is 60.1 Å². The SMILES string of the molecule is C/C=C/CCCCC(=O)NC(C)CN(CCCO)CC(C)NC(=O)CCCC/C=C/C. The molecule has 2 amide bonds. The molecular weight excluding hydrogens is 390 g/mol. The van der Waals surface area contributed by atoms with Gasteiger partial charge in [-0.1, -0.05) is 24.3 Å². The molecule has 0 aromatic heterocycles. The third-order valence-corrected chi connectivity index (χ3v) is 5.03. The quantitative estimate of drug-likeness (QED) is 0.211. The molecule has 0 aromatic rings. The molecule has 0 aliphatic carbocycles. The number of amides is 2. The molecule has 0 aromatic carbocycles. The number of nitrogens with one attached hydrogen (secondary N) is 2. The minimum Gasteiger partial charge on any atom is -0.396 e. The summed E-state index contributed by atoms with van der Waals surface area (Å²) < 4.78 is 0. The summed E-state index contributed by atoms with van der Waals surface area (Å²) in [5, 5.41) is 15.4. The van der Waals surface area contributed by atoms with Gasteiger partial charge in [-0.05, 0) is 72.6 Å². The van der Waals surface area contributed by atoms with Crippen LogP contribution in [0.5, 0.6) is 0 Å². The van der Waals surface area contributed by atoms with Gasteiger partial charge in [0.25, 0.3) is 0 Å². The number of hydrogen-bond acceptors (Lipinski definition) is 4. The van der Waals surface area contributed by atoms with Crippen LogP contribution in [0.25, 0.3) is 0 Å². The first-order valence-corrected chi connectivity index (χ1v) is 12.1. The largest absolute Gasteiger partial charge is 0.396 e. The number of nitrogens with zero attached hydrogens (tertiary/aromatic N) is 1. The lowest BCUT2D eigenvalue weighted by atomic mass is 10.1. The lowest BCUT2D eigenvalue weighted by molar-refractivity contribution is -0.122. The van der Waals surface area contributed by atoms with Crippen molar-refractivity contribution in [1.82, 2.24) is 15.5 Å². The van der Waals surface area contributed by atoms with Gasteiger partial charge < -0.3 is 15.7 Å². The fourth-order valence-corrected chi connectivity index (χ4v) is 3.54. The van der Waals surface area contributed by atoms with Crippen LogP contribution < -0.4 is 10.6 Å². The molecule has 0 saturated carbocycles. The first kappa shape index (κ1) is 29.3. The molecule has 0 spiro atoms. The normalized spacial score (nSPS) is 13.7. The zero-order chi connectivity index (χ0) is 23.3. The summed E-state index contributed by atoms with van der Waals surface area (Å²) in [4.78, 5) is 26.5. The molecule has 2 unspecified atom stereocenters. The predicted octanol–water partition coefficient (Wildman–Crippen LogP) is 3.95. The molecule has 6 nitrogen and oxygen atoms in total. The van der Waals surface area contributed by atoms with E-state index in [1.165, 1.54) is 0 Å². The van der Waals surface area contributed by atoms with Crippen LogP contribution in [0.4, 0.5) is 0 Å². The van der Waals surface area contributed by atoms with Gasteiger partial charge >= 0.3 is 0 Å². The average Bonchev–Trinajstić information content (AvgIpc) is 2.71. The van der Waals surface area contributed by atoms with E-state index >= 15 is 0 Å². The van der Waals surface area contributed by atoms with E-state index in [0.29, 0.717) is 32.4 Å². The van der Waals surface area contributed by atoms with Crippen molar-refractivity contribution in [3.05, 3.63) is 24.3 Å². The number of carbonyl (C=O) groups excluding carboxylic acids is 2.